The van der Waals surface area contributed by atoms with E-state index in [2.05, 4.69) is 0 Å². The summed E-state index contributed by atoms with van der Waals surface area (Å²) in [6.07, 6.45) is 3.14. The molecule has 0 atom stereocenters. The molecule has 0 heterocycles. The molecular weight excluding hydrogens is 316 g/mol. The summed E-state index contributed by atoms with van der Waals surface area (Å²) < 4.78 is 0. The Labute approximate surface area is 146 Å². The second kappa shape index (κ2) is 8.11. The van der Waals surface area contributed by atoms with E-state index in [1.807, 2.05) is 48.5 Å². The minimum absolute atomic E-state index is 0.712. The number of carbonyl (C=O) groups is 2. The lowest BCUT2D eigenvalue weighted by Gasteiger charge is -2.06. The van der Waals surface area contributed by atoms with Crippen LogP contribution in [0.4, 0.5) is 0 Å². The van der Waals surface area contributed by atoms with E-state index in [0.717, 1.165) is 28.7 Å². The predicted molar refractivity (Wildman–Crippen MR) is 98.3 cm³/mol. The largest absolute Gasteiger partial charge is 0.478 e. The summed E-state index contributed by atoms with van der Waals surface area (Å²) in [7, 11) is 0. The number of hydrogen-bond acceptors (Lipinski definition) is 2. The van der Waals surface area contributed by atoms with Gasteiger partial charge in [-0.1, -0.05) is 48.5 Å². The molecule has 0 aliphatic carbocycles. The molecule has 0 unspecified atom stereocenters. The molecule has 0 spiro atoms. The summed E-state index contributed by atoms with van der Waals surface area (Å²) in [5.41, 5.74) is 5.44. The SMILES string of the molecule is C/C(=C/C(=O)O)c1ccc(Cc2ccc(/C(C)=C\C(=O)O)cc2)cc1. The first-order valence-electron chi connectivity index (χ1n) is 7.86. The van der Waals surface area contributed by atoms with Crippen LogP contribution >= 0.6 is 0 Å². The van der Waals surface area contributed by atoms with Crippen molar-refractivity contribution in [2.75, 3.05) is 0 Å². The maximum atomic E-state index is 10.7. The third-order valence-electron chi connectivity index (χ3n) is 3.91. The maximum Gasteiger partial charge on any atom is 0.328 e. The van der Waals surface area contributed by atoms with Gasteiger partial charge in [0.2, 0.25) is 0 Å². The molecule has 0 aliphatic rings. The van der Waals surface area contributed by atoms with Crippen molar-refractivity contribution in [3.63, 3.8) is 0 Å². The topological polar surface area (TPSA) is 74.6 Å². The van der Waals surface area contributed by atoms with Crippen LogP contribution in [0.25, 0.3) is 11.1 Å². The van der Waals surface area contributed by atoms with Gasteiger partial charge in [-0.25, -0.2) is 9.59 Å². The van der Waals surface area contributed by atoms with Gasteiger partial charge in [-0.15, -0.1) is 0 Å². The van der Waals surface area contributed by atoms with Gasteiger partial charge < -0.3 is 10.2 Å². The van der Waals surface area contributed by atoms with Crippen LogP contribution < -0.4 is 0 Å². The van der Waals surface area contributed by atoms with Crippen LogP contribution in [0, 0.1) is 0 Å². The van der Waals surface area contributed by atoms with Crippen LogP contribution in [0.15, 0.2) is 60.7 Å². The van der Waals surface area contributed by atoms with Crippen LogP contribution in [-0.4, -0.2) is 22.2 Å². The first kappa shape index (κ1) is 18.2. The van der Waals surface area contributed by atoms with Crippen molar-refractivity contribution in [2.24, 2.45) is 0 Å². The van der Waals surface area contributed by atoms with Crippen molar-refractivity contribution in [3.05, 3.63) is 82.9 Å². The van der Waals surface area contributed by atoms with Crippen LogP contribution in [-0.2, 0) is 16.0 Å². The van der Waals surface area contributed by atoms with Crippen molar-refractivity contribution in [2.45, 2.75) is 20.3 Å². The van der Waals surface area contributed by atoms with E-state index in [9.17, 15) is 9.59 Å². The van der Waals surface area contributed by atoms with E-state index < -0.39 is 11.9 Å². The highest BCUT2D eigenvalue weighted by Gasteiger charge is 2.02. The minimum Gasteiger partial charge on any atom is -0.478 e. The highest BCUT2D eigenvalue weighted by molar-refractivity contribution is 5.90. The van der Waals surface area contributed by atoms with Crippen LogP contribution in [0.1, 0.15) is 36.1 Å². The van der Waals surface area contributed by atoms with Crippen molar-refractivity contribution in [1.29, 1.82) is 0 Å². The second-order valence-corrected chi connectivity index (χ2v) is 5.90. The molecule has 2 aromatic rings. The number of aliphatic carboxylic acids is 2. The number of rotatable bonds is 6. The molecule has 0 saturated carbocycles. The zero-order valence-electron chi connectivity index (χ0n) is 14.2. The zero-order valence-corrected chi connectivity index (χ0v) is 14.2. The molecule has 2 aromatic carbocycles. The summed E-state index contributed by atoms with van der Waals surface area (Å²) in [6.45, 7) is 3.55. The van der Waals surface area contributed by atoms with Crippen molar-refractivity contribution >= 4 is 23.1 Å². The van der Waals surface area contributed by atoms with E-state index in [1.54, 1.807) is 13.8 Å². The summed E-state index contributed by atoms with van der Waals surface area (Å²) >= 11 is 0. The Balaban J connectivity index is 2.10. The molecule has 0 bridgehead atoms. The fourth-order valence-electron chi connectivity index (χ4n) is 2.54. The summed E-state index contributed by atoms with van der Waals surface area (Å²) in [5.74, 6) is -1.90. The second-order valence-electron chi connectivity index (χ2n) is 5.90. The Kier molecular flexibility index (Phi) is 5.90. The predicted octanol–water partition coefficient (Wildman–Crippen LogP) is 4.25. The Morgan fingerprint density at radius 1 is 0.720 bits per heavy atom. The van der Waals surface area contributed by atoms with E-state index in [4.69, 9.17) is 10.2 Å². The Bertz CT molecular complexity index is 754. The van der Waals surface area contributed by atoms with Gasteiger partial charge in [0.05, 0.1) is 0 Å². The summed E-state index contributed by atoms with van der Waals surface area (Å²) in [4.78, 5) is 21.4. The molecule has 0 amide bonds. The quantitative estimate of drug-likeness (QED) is 0.773. The standard InChI is InChI=1S/C21H20O4/c1-14(11-20(22)23)18-7-3-16(4-8-18)13-17-5-9-19(10-6-17)15(2)12-21(24)25/h3-12H,13H2,1-2H3,(H,22,23)(H,24,25)/b14-11-,15-12-. The molecule has 2 N–H and O–H groups in total. The van der Waals surface area contributed by atoms with Gasteiger partial charge in [0.25, 0.3) is 0 Å². The molecule has 2 rings (SSSR count). The minimum atomic E-state index is -0.950. The number of carboxylic acids is 2. The van der Waals surface area contributed by atoms with Crippen LogP contribution in [0.2, 0.25) is 0 Å². The van der Waals surface area contributed by atoms with E-state index in [-0.39, 0.29) is 0 Å². The zero-order chi connectivity index (χ0) is 18.4. The van der Waals surface area contributed by atoms with Gasteiger partial charge in [-0.05, 0) is 53.7 Å². The van der Waals surface area contributed by atoms with Gasteiger partial charge in [-0.3, -0.25) is 0 Å². The lowest BCUT2D eigenvalue weighted by Crippen LogP contribution is -1.93. The first-order valence-corrected chi connectivity index (χ1v) is 7.86. The van der Waals surface area contributed by atoms with E-state index in [1.165, 1.54) is 12.2 Å². The highest BCUT2D eigenvalue weighted by Crippen LogP contribution is 2.19. The van der Waals surface area contributed by atoms with Crippen LogP contribution in [0.5, 0.6) is 0 Å². The molecule has 0 saturated heterocycles. The average Bonchev–Trinajstić information content (AvgIpc) is 2.55. The smallest absolute Gasteiger partial charge is 0.328 e. The molecule has 128 valence electrons. The van der Waals surface area contributed by atoms with Crippen LogP contribution in [0.3, 0.4) is 0 Å². The molecular formula is C21H20O4. The molecule has 4 heteroatoms. The normalized spacial score (nSPS) is 12.1. The van der Waals surface area contributed by atoms with Gasteiger partial charge >= 0.3 is 11.9 Å². The molecule has 25 heavy (non-hydrogen) atoms. The van der Waals surface area contributed by atoms with Gasteiger partial charge in [0, 0.05) is 12.2 Å². The van der Waals surface area contributed by atoms with Gasteiger partial charge in [0.1, 0.15) is 0 Å². The molecule has 0 aliphatic heterocycles. The van der Waals surface area contributed by atoms with E-state index in [0.29, 0.717) is 11.1 Å². The van der Waals surface area contributed by atoms with Crippen molar-refractivity contribution < 1.29 is 19.8 Å². The van der Waals surface area contributed by atoms with Gasteiger partial charge in [-0.2, -0.15) is 0 Å². The maximum absolute atomic E-state index is 10.7. The lowest BCUT2D eigenvalue weighted by molar-refractivity contribution is -0.132. The number of hydrogen-bond donors (Lipinski definition) is 2. The molecule has 0 fully saturated rings. The van der Waals surface area contributed by atoms with Crippen molar-refractivity contribution in [3.8, 4) is 0 Å². The van der Waals surface area contributed by atoms with E-state index >= 15 is 0 Å². The lowest BCUT2D eigenvalue weighted by atomic mass is 9.99. The first-order chi connectivity index (χ1) is 11.8. The summed E-state index contributed by atoms with van der Waals surface area (Å²) in [5, 5.41) is 17.6. The number of benzene rings is 2. The number of allylic oxidation sites excluding steroid dienone is 2. The monoisotopic (exact) mass is 336 g/mol. The Hall–Kier alpha value is -3.14. The molecule has 0 radical (unpaired) electrons. The Morgan fingerprint density at radius 3 is 1.32 bits per heavy atom. The summed E-state index contributed by atoms with van der Waals surface area (Å²) in [6, 6.07) is 15.6. The molecule has 4 nitrogen and oxygen atoms in total. The molecule has 0 aromatic heterocycles. The average molecular weight is 336 g/mol. The number of carboxylic acid groups (broad SMARTS) is 2. The fraction of sp³-hybridized carbons (Fsp3) is 0.143. The fourth-order valence-corrected chi connectivity index (χ4v) is 2.54. The third kappa shape index (κ3) is 5.46. The third-order valence-corrected chi connectivity index (χ3v) is 3.91. The van der Waals surface area contributed by atoms with Gasteiger partial charge in [0.15, 0.2) is 0 Å². The van der Waals surface area contributed by atoms with Crippen molar-refractivity contribution in [1.82, 2.24) is 0 Å². The highest BCUT2D eigenvalue weighted by atomic mass is 16.4. The Morgan fingerprint density at radius 2 is 1.04 bits per heavy atom.